The molecule has 0 bridgehead atoms. The molecule has 2 rings (SSSR count). The van der Waals surface area contributed by atoms with E-state index in [1.807, 2.05) is 0 Å². The molecule has 1 aromatic heterocycles. The van der Waals surface area contributed by atoms with Gasteiger partial charge in [-0.05, 0) is 23.4 Å². The SMILES string of the molecule is O=S1(=O)CCCN(S(=O)(=O)c2cc(CO)cs2)CC1. The van der Waals surface area contributed by atoms with E-state index in [1.54, 1.807) is 5.38 Å². The first-order valence-corrected chi connectivity index (χ1v) is 9.88. The molecule has 19 heavy (non-hydrogen) atoms. The molecule has 1 saturated heterocycles. The van der Waals surface area contributed by atoms with Crippen LogP contribution in [0.25, 0.3) is 0 Å². The number of aliphatic hydroxyl groups is 1. The fourth-order valence-corrected chi connectivity index (χ4v) is 6.07. The third-order valence-corrected chi connectivity index (χ3v) is 8.00. The van der Waals surface area contributed by atoms with Gasteiger partial charge in [0.05, 0.1) is 18.1 Å². The molecule has 6 nitrogen and oxygen atoms in total. The molecular formula is C10H15NO5S3. The molecule has 9 heteroatoms. The lowest BCUT2D eigenvalue weighted by Crippen LogP contribution is -2.33. The van der Waals surface area contributed by atoms with E-state index in [0.717, 1.165) is 11.3 Å². The summed E-state index contributed by atoms with van der Waals surface area (Å²) < 4.78 is 49.0. The van der Waals surface area contributed by atoms with Crippen molar-refractivity contribution in [2.45, 2.75) is 17.2 Å². The van der Waals surface area contributed by atoms with Crippen molar-refractivity contribution in [3.63, 3.8) is 0 Å². The maximum absolute atomic E-state index is 12.3. The van der Waals surface area contributed by atoms with Gasteiger partial charge in [-0.2, -0.15) is 4.31 Å². The smallest absolute Gasteiger partial charge is 0.252 e. The van der Waals surface area contributed by atoms with Crippen molar-refractivity contribution < 1.29 is 21.9 Å². The van der Waals surface area contributed by atoms with Crippen LogP contribution in [0.4, 0.5) is 0 Å². The molecule has 0 radical (unpaired) electrons. The van der Waals surface area contributed by atoms with Crippen LogP contribution >= 0.6 is 11.3 Å². The van der Waals surface area contributed by atoms with Gasteiger partial charge in [-0.1, -0.05) is 0 Å². The maximum atomic E-state index is 12.3. The molecule has 1 fully saturated rings. The summed E-state index contributed by atoms with van der Waals surface area (Å²) in [5.74, 6) is -0.101. The van der Waals surface area contributed by atoms with E-state index in [4.69, 9.17) is 5.11 Å². The average Bonchev–Trinajstić information content (AvgIpc) is 2.75. The predicted octanol–water partition coefficient (Wildman–Crippen LogP) is 0.0496. The van der Waals surface area contributed by atoms with Gasteiger partial charge in [-0.25, -0.2) is 16.8 Å². The Morgan fingerprint density at radius 3 is 2.68 bits per heavy atom. The van der Waals surface area contributed by atoms with Crippen LogP contribution in [-0.2, 0) is 26.5 Å². The van der Waals surface area contributed by atoms with Gasteiger partial charge in [0.25, 0.3) is 10.0 Å². The highest BCUT2D eigenvalue weighted by Gasteiger charge is 2.29. The molecule has 1 aromatic rings. The minimum Gasteiger partial charge on any atom is -0.392 e. The van der Waals surface area contributed by atoms with Gasteiger partial charge in [0, 0.05) is 13.1 Å². The zero-order valence-electron chi connectivity index (χ0n) is 10.1. The van der Waals surface area contributed by atoms with Crippen LogP contribution in [0, 0.1) is 0 Å². The lowest BCUT2D eigenvalue weighted by atomic mass is 10.4. The zero-order valence-corrected chi connectivity index (χ0v) is 12.6. The number of nitrogens with zero attached hydrogens (tertiary/aromatic N) is 1. The van der Waals surface area contributed by atoms with Gasteiger partial charge in [0.15, 0.2) is 9.84 Å². The monoisotopic (exact) mass is 325 g/mol. The van der Waals surface area contributed by atoms with Crippen molar-refractivity contribution in [1.29, 1.82) is 0 Å². The summed E-state index contributed by atoms with van der Waals surface area (Å²) in [7, 11) is -6.79. The first-order chi connectivity index (χ1) is 8.85. The van der Waals surface area contributed by atoms with E-state index in [9.17, 15) is 16.8 Å². The van der Waals surface area contributed by atoms with Gasteiger partial charge in [-0.15, -0.1) is 11.3 Å². The second kappa shape index (κ2) is 5.49. The normalized spacial score (nSPS) is 21.1. The third-order valence-electron chi connectivity index (χ3n) is 2.92. The first kappa shape index (κ1) is 14.9. The molecule has 0 spiro atoms. The largest absolute Gasteiger partial charge is 0.392 e. The Balaban J connectivity index is 2.24. The predicted molar refractivity (Wildman–Crippen MR) is 72.3 cm³/mol. The molecule has 1 aliphatic heterocycles. The highest BCUT2D eigenvalue weighted by molar-refractivity contribution is 7.92. The van der Waals surface area contributed by atoms with Crippen LogP contribution in [-0.4, -0.2) is 50.8 Å². The number of sulfone groups is 1. The lowest BCUT2D eigenvalue weighted by molar-refractivity contribution is 0.282. The minimum absolute atomic E-state index is 0.00295. The number of rotatable bonds is 3. The molecule has 2 heterocycles. The Morgan fingerprint density at radius 1 is 1.32 bits per heavy atom. The number of hydrogen-bond acceptors (Lipinski definition) is 6. The van der Waals surface area contributed by atoms with Crippen molar-refractivity contribution in [3.8, 4) is 0 Å². The summed E-state index contributed by atoms with van der Waals surface area (Å²) in [6.07, 6.45) is 0.319. The number of aliphatic hydroxyl groups excluding tert-OH is 1. The summed E-state index contributed by atoms with van der Waals surface area (Å²) in [6.45, 7) is 0.00530. The number of thiophene rings is 1. The first-order valence-electron chi connectivity index (χ1n) is 5.74. The summed E-state index contributed by atoms with van der Waals surface area (Å²) in [4.78, 5) is 0. The molecule has 0 aromatic carbocycles. The molecule has 0 amide bonds. The summed E-state index contributed by atoms with van der Waals surface area (Å²) in [6, 6.07) is 1.43. The van der Waals surface area contributed by atoms with E-state index >= 15 is 0 Å². The van der Waals surface area contributed by atoms with Crippen molar-refractivity contribution in [2.24, 2.45) is 0 Å². The summed E-state index contributed by atoms with van der Waals surface area (Å²) in [5.41, 5.74) is 0.547. The second-order valence-electron chi connectivity index (χ2n) is 4.34. The Labute approximate surface area is 116 Å². The molecule has 0 aliphatic carbocycles. The topological polar surface area (TPSA) is 91.8 Å². The van der Waals surface area contributed by atoms with Gasteiger partial charge < -0.3 is 5.11 Å². The average molecular weight is 325 g/mol. The summed E-state index contributed by atoms with van der Waals surface area (Å²) >= 11 is 1.04. The van der Waals surface area contributed by atoms with E-state index in [0.29, 0.717) is 12.0 Å². The fourth-order valence-electron chi connectivity index (χ4n) is 1.85. The highest BCUT2D eigenvalue weighted by atomic mass is 32.2. The van der Waals surface area contributed by atoms with Crippen molar-refractivity contribution in [3.05, 3.63) is 17.0 Å². The number of sulfonamides is 1. The zero-order chi connectivity index (χ0) is 14.1. The third kappa shape index (κ3) is 3.34. The van der Waals surface area contributed by atoms with Crippen LogP contribution in [0.5, 0.6) is 0 Å². The molecule has 1 aliphatic rings. The van der Waals surface area contributed by atoms with Crippen LogP contribution in [0.1, 0.15) is 12.0 Å². The second-order valence-corrected chi connectivity index (χ2v) is 9.72. The van der Waals surface area contributed by atoms with E-state index < -0.39 is 19.9 Å². The quantitative estimate of drug-likeness (QED) is 0.848. The fraction of sp³-hybridized carbons (Fsp3) is 0.600. The van der Waals surface area contributed by atoms with Gasteiger partial charge >= 0.3 is 0 Å². The van der Waals surface area contributed by atoms with Gasteiger partial charge in [0.1, 0.15) is 4.21 Å². The molecular weight excluding hydrogens is 310 g/mol. The van der Waals surface area contributed by atoms with Crippen LogP contribution < -0.4 is 0 Å². The van der Waals surface area contributed by atoms with Gasteiger partial charge in [0.2, 0.25) is 0 Å². The lowest BCUT2D eigenvalue weighted by Gasteiger charge is -2.17. The van der Waals surface area contributed by atoms with Crippen molar-refractivity contribution in [2.75, 3.05) is 24.6 Å². The molecule has 0 atom stereocenters. The Morgan fingerprint density at radius 2 is 2.05 bits per heavy atom. The van der Waals surface area contributed by atoms with Gasteiger partial charge in [-0.3, -0.25) is 0 Å². The van der Waals surface area contributed by atoms with E-state index in [-0.39, 0.29) is 35.4 Å². The van der Waals surface area contributed by atoms with Crippen LogP contribution in [0.15, 0.2) is 15.7 Å². The molecule has 108 valence electrons. The molecule has 0 unspecified atom stereocenters. The standard InChI is InChI=1S/C10H15NO5S3/c12-7-9-6-10(17-8-9)19(15,16)11-2-1-4-18(13,14)5-3-11/h6,8,12H,1-5,7H2. The van der Waals surface area contributed by atoms with E-state index in [1.165, 1.54) is 10.4 Å². The molecule has 1 N–H and O–H groups in total. The number of hydrogen-bond donors (Lipinski definition) is 1. The Hall–Kier alpha value is -0.480. The van der Waals surface area contributed by atoms with E-state index in [2.05, 4.69) is 0 Å². The van der Waals surface area contributed by atoms with Crippen molar-refractivity contribution >= 4 is 31.2 Å². The van der Waals surface area contributed by atoms with Crippen LogP contribution in [0.3, 0.4) is 0 Å². The van der Waals surface area contributed by atoms with Crippen molar-refractivity contribution in [1.82, 2.24) is 4.31 Å². The maximum Gasteiger partial charge on any atom is 0.252 e. The highest BCUT2D eigenvalue weighted by Crippen LogP contribution is 2.25. The minimum atomic E-state index is -3.65. The summed E-state index contributed by atoms with van der Waals surface area (Å²) in [5, 5.41) is 10.5. The van der Waals surface area contributed by atoms with Crippen LogP contribution in [0.2, 0.25) is 0 Å². The Bertz CT molecular complexity index is 646. The molecule has 0 saturated carbocycles. The Kier molecular flexibility index (Phi) is 4.31.